The molecule has 0 unspecified atom stereocenters. The van der Waals surface area contributed by atoms with Gasteiger partial charge in [0, 0.05) is 53.6 Å². The Bertz CT molecular complexity index is 3620. The lowest BCUT2D eigenvalue weighted by Gasteiger charge is -2.13. The molecule has 3 heterocycles. The van der Waals surface area contributed by atoms with Crippen LogP contribution in [0.2, 0.25) is 0 Å². The van der Waals surface area contributed by atoms with E-state index in [-0.39, 0.29) is 0 Å². The van der Waals surface area contributed by atoms with Crippen LogP contribution in [0.5, 0.6) is 0 Å². The van der Waals surface area contributed by atoms with Crippen molar-refractivity contribution in [3.63, 3.8) is 0 Å². The summed E-state index contributed by atoms with van der Waals surface area (Å²) in [5.74, 6) is 2.57. The van der Waals surface area contributed by atoms with E-state index >= 15 is 0 Å². The molecule has 0 bridgehead atoms. The lowest BCUT2D eigenvalue weighted by atomic mass is 9.96. The molecule has 63 heavy (non-hydrogen) atoms. The molecule has 12 rings (SSSR count). The molecule has 6 heteroatoms. The maximum atomic E-state index is 5.40. The second-order valence-corrected chi connectivity index (χ2v) is 16.7. The zero-order valence-electron chi connectivity index (χ0n) is 33.9. The molecule has 294 valence electrons. The Balaban J connectivity index is 0.994. The Labute approximate surface area is 367 Å². The van der Waals surface area contributed by atoms with Crippen LogP contribution in [0.25, 0.3) is 121 Å². The summed E-state index contributed by atoms with van der Waals surface area (Å²) in [6.07, 6.45) is 0. The van der Waals surface area contributed by atoms with Crippen LogP contribution in [0, 0.1) is 0 Å². The summed E-state index contributed by atoms with van der Waals surface area (Å²) in [7, 11) is 0. The standard InChI is InChI=1S/C57H35N5S/c1-4-17-37(18-5-1)48-35-49(59-57(58-48)47-34-51-53(46-29-13-12-28-45(46)47)52-44-27-11-10-16-36(44)30-31-50(52)63-51)42-25-14-23-40(32-42)41-24-15-26-43(33-41)56-61-54(38-19-6-2-7-20-38)60-55(62-56)39-21-8-3-9-22-39/h1-35H. The molecule has 0 aliphatic heterocycles. The van der Waals surface area contributed by atoms with Gasteiger partial charge in [0.25, 0.3) is 0 Å². The van der Waals surface area contributed by atoms with Gasteiger partial charge < -0.3 is 0 Å². The van der Waals surface area contributed by atoms with E-state index in [2.05, 4.69) is 146 Å². The highest BCUT2D eigenvalue weighted by Gasteiger charge is 2.19. The van der Waals surface area contributed by atoms with Gasteiger partial charge in [-0.1, -0.05) is 182 Å². The number of nitrogens with zero attached hydrogens (tertiary/aromatic N) is 5. The minimum absolute atomic E-state index is 0.615. The van der Waals surface area contributed by atoms with Gasteiger partial charge in [-0.3, -0.25) is 0 Å². The Morgan fingerprint density at radius 1 is 0.270 bits per heavy atom. The summed E-state index contributed by atoms with van der Waals surface area (Å²) in [5.41, 5.74) is 9.64. The van der Waals surface area contributed by atoms with Gasteiger partial charge in [-0.15, -0.1) is 11.3 Å². The minimum atomic E-state index is 0.615. The van der Waals surface area contributed by atoms with E-state index < -0.39 is 0 Å². The van der Waals surface area contributed by atoms with E-state index in [1.807, 2.05) is 78.1 Å². The van der Waals surface area contributed by atoms with Crippen molar-refractivity contribution in [1.29, 1.82) is 0 Å². The highest BCUT2D eigenvalue weighted by molar-refractivity contribution is 7.26. The first-order valence-electron chi connectivity index (χ1n) is 21.0. The quantitative estimate of drug-likeness (QED) is 0.160. The van der Waals surface area contributed by atoms with Gasteiger partial charge in [-0.2, -0.15) is 0 Å². The van der Waals surface area contributed by atoms with E-state index in [9.17, 15) is 0 Å². The maximum absolute atomic E-state index is 5.40. The fourth-order valence-electron chi connectivity index (χ4n) is 8.69. The zero-order valence-corrected chi connectivity index (χ0v) is 34.7. The van der Waals surface area contributed by atoms with Gasteiger partial charge >= 0.3 is 0 Å². The first-order chi connectivity index (χ1) is 31.2. The third-order valence-corrected chi connectivity index (χ3v) is 12.8. The summed E-state index contributed by atoms with van der Waals surface area (Å²) in [5, 5.41) is 7.44. The average Bonchev–Trinajstić information content (AvgIpc) is 3.76. The highest BCUT2D eigenvalue weighted by Crippen LogP contribution is 2.45. The largest absolute Gasteiger partial charge is 0.228 e. The summed E-state index contributed by atoms with van der Waals surface area (Å²) >= 11 is 1.83. The fourth-order valence-corrected chi connectivity index (χ4v) is 9.87. The zero-order chi connectivity index (χ0) is 41.7. The van der Waals surface area contributed by atoms with Crippen molar-refractivity contribution in [1.82, 2.24) is 24.9 Å². The predicted octanol–water partition coefficient (Wildman–Crippen LogP) is 15.0. The second kappa shape index (κ2) is 15.4. The molecular weight excluding hydrogens is 787 g/mol. The first-order valence-corrected chi connectivity index (χ1v) is 21.8. The van der Waals surface area contributed by atoms with Gasteiger partial charge in [-0.05, 0) is 63.0 Å². The molecule has 0 atom stereocenters. The Morgan fingerprint density at radius 2 is 0.746 bits per heavy atom. The molecule has 5 nitrogen and oxygen atoms in total. The van der Waals surface area contributed by atoms with Gasteiger partial charge in [0.1, 0.15) is 0 Å². The number of benzene rings is 9. The highest BCUT2D eigenvalue weighted by atomic mass is 32.1. The summed E-state index contributed by atoms with van der Waals surface area (Å²) in [6.45, 7) is 0. The molecule has 9 aromatic carbocycles. The lowest BCUT2D eigenvalue weighted by Crippen LogP contribution is -2.00. The smallest absolute Gasteiger partial charge is 0.164 e. The lowest BCUT2D eigenvalue weighted by molar-refractivity contribution is 1.07. The molecule has 0 spiro atoms. The van der Waals surface area contributed by atoms with Crippen molar-refractivity contribution in [3.05, 3.63) is 212 Å². The normalized spacial score (nSPS) is 11.5. The van der Waals surface area contributed by atoms with Gasteiger partial charge in [0.05, 0.1) is 11.4 Å². The van der Waals surface area contributed by atoms with Crippen molar-refractivity contribution >= 4 is 53.1 Å². The summed E-state index contributed by atoms with van der Waals surface area (Å²) < 4.78 is 2.49. The van der Waals surface area contributed by atoms with E-state index in [0.29, 0.717) is 23.3 Å². The molecule has 0 aliphatic rings. The monoisotopic (exact) mass is 821 g/mol. The molecule has 0 aliphatic carbocycles. The van der Waals surface area contributed by atoms with Crippen LogP contribution < -0.4 is 0 Å². The number of rotatable bonds is 7. The fraction of sp³-hybridized carbons (Fsp3) is 0. The van der Waals surface area contributed by atoms with Crippen LogP contribution in [-0.2, 0) is 0 Å². The van der Waals surface area contributed by atoms with E-state index in [1.54, 1.807) is 0 Å². The van der Waals surface area contributed by atoms with E-state index in [1.165, 1.54) is 36.3 Å². The van der Waals surface area contributed by atoms with Gasteiger partial charge in [0.15, 0.2) is 23.3 Å². The molecule has 0 amide bonds. The molecular formula is C57H35N5S. The molecule has 12 aromatic rings. The first kappa shape index (κ1) is 36.6. The SMILES string of the molecule is c1ccc(-c2cc(-c3cccc(-c4cccc(-c5nc(-c6ccccc6)nc(-c6ccccc6)n5)c4)c3)nc(-c3cc4sc5ccc6ccccc6c5c4c4ccccc34)n2)cc1. The van der Waals surface area contributed by atoms with Crippen LogP contribution in [0.3, 0.4) is 0 Å². The van der Waals surface area contributed by atoms with Crippen molar-refractivity contribution < 1.29 is 0 Å². The Kier molecular flexibility index (Phi) is 8.94. The molecule has 3 aromatic heterocycles. The van der Waals surface area contributed by atoms with Crippen LogP contribution >= 0.6 is 11.3 Å². The number of hydrogen-bond donors (Lipinski definition) is 0. The second-order valence-electron chi connectivity index (χ2n) is 15.6. The van der Waals surface area contributed by atoms with Crippen molar-refractivity contribution in [2.75, 3.05) is 0 Å². The maximum Gasteiger partial charge on any atom is 0.164 e. The molecule has 0 saturated carbocycles. The minimum Gasteiger partial charge on any atom is -0.228 e. The van der Waals surface area contributed by atoms with Crippen molar-refractivity contribution in [2.45, 2.75) is 0 Å². The Hall–Kier alpha value is -8.19. The number of thiophene rings is 1. The number of aromatic nitrogens is 5. The van der Waals surface area contributed by atoms with E-state index in [4.69, 9.17) is 24.9 Å². The molecule has 0 radical (unpaired) electrons. The third kappa shape index (κ3) is 6.70. The topological polar surface area (TPSA) is 64.5 Å². The van der Waals surface area contributed by atoms with Crippen LogP contribution in [-0.4, -0.2) is 24.9 Å². The molecule has 0 fully saturated rings. The predicted molar refractivity (Wildman–Crippen MR) is 261 cm³/mol. The molecule has 0 N–H and O–H groups in total. The van der Waals surface area contributed by atoms with Crippen molar-refractivity contribution in [3.8, 4) is 79.2 Å². The average molecular weight is 822 g/mol. The van der Waals surface area contributed by atoms with Gasteiger partial charge in [0.2, 0.25) is 0 Å². The third-order valence-electron chi connectivity index (χ3n) is 11.7. The summed E-state index contributed by atoms with van der Waals surface area (Å²) in [6, 6.07) is 73.9. The van der Waals surface area contributed by atoms with Crippen molar-refractivity contribution in [2.24, 2.45) is 0 Å². The van der Waals surface area contributed by atoms with E-state index in [0.717, 1.165) is 61.3 Å². The Morgan fingerprint density at radius 3 is 1.41 bits per heavy atom. The van der Waals surface area contributed by atoms with Crippen LogP contribution in [0.1, 0.15) is 0 Å². The summed E-state index contributed by atoms with van der Waals surface area (Å²) in [4.78, 5) is 25.6. The van der Waals surface area contributed by atoms with Crippen LogP contribution in [0.15, 0.2) is 212 Å². The van der Waals surface area contributed by atoms with Gasteiger partial charge in [-0.25, -0.2) is 24.9 Å². The molecule has 0 saturated heterocycles. The number of fused-ring (bicyclic) bond motifs is 7. The van der Waals surface area contributed by atoms with Crippen LogP contribution in [0.4, 0.5) is 0 Å². The number of hydrogen-bond acceptors (Lipinski definition) is 6.